The smallest absolute Gasteiger partial charge is 0.326 e. The number of carboxylic acids is 3. The Hall–Kier alpha value is -2.87. The molecule has 3 amide bonds. The number of carboxylic acid groups (broad SMARTS) is 3. The van der Waals surface area contributed by atoms with Crippen molar-refractivity contribution in [3.05, 3.63) is 0 Å². The molecule has 236 valence electrons. The highest BCUT2D eigenvalue weighted by Gasteiger charge is 2.38. The summed E-state index contributed by atoms with van der Waals surface area (Å²) in [6, 6.07) is -4.31. The van der Waals surface area contributed by atoms with Crippen LogP contribution in [0.2, 0.25) is 0 Å². The Morgan fingerprint density at radius 2 is 1.29 bits per heavy atom. The third-order valence-corrected chi connectivity index (χ3v) is 7.66. The van der Waals surface area contributed by atoms with Crippen LogP contribution >= 0.6 is 11.8 Å². The molecule has 0 aromatic heterocycles. The fraction of sp³-hybridized carbons (Fsp3) is 0.778. The fourth-order valence-corrected chi connectivity index (χ4v) is 5.30. The molecule has 0 spiro atoms. The molecular formula is C27H48N4O9S. The number of nitrogens with zero attached hydrogens (tertiary/aromatic N) is 1. The minimum absolute atomic E-state index is 0.0562. The number of nitrogens with two attached hydrogens (primary N) is 2. The van der Waals surface area contributed by atoms with Crippen molar-refractivity contribution in [1.82, 2.24) is 10.2 Å². The van der Waals surface area contributed by atoms with E-state index in [0.717, 1.165) is 48.8 Å². The van der Waals surface area contributed by atoms with Crippen LogP contribution in [0.5, 0.6) is 0 Å². The van der Waals surface area contributed by atoms with Gasteiger partial charge in [0, 0.05) is 24.3 Å². The number of carbonyl (C=O) groups is 6. The van der Waals surface area contributed by atoms with E-state index in [2.05, 4.69) is 12.2 Å². The van der Waals surface area contributed by atoms with Gasteiger partial charge in [-0.2, -0.15) is 11.8 Å². The van der Waals surface area contributed by atoms with E-state index in [9.17, 15) is 33.9 Å². The zero-order valence-electron chi connectivity index (χ0n) is 24.1. The summed E-state index contributed by atoms with van der Waals surface area (Å²) >= 11 is 0.913. The molecule has 0 aliphatic heterocycles. The Morgan fingerprint density at radius 1 is 0.756 bits per heavy atom. The van der Waals surface area contributed by atoms with E-state index >= 15 is 0 Å². The number of hydrogen-bond donors (Lipinski definition) is 6. The average Bonchev–Trinajstić information content (AvgIpc) is 2.90. The van der Waals surface area contributed by atoms with Crippen molar-refractivity contribution < 1.29 is 44.1 Å². The highest BCUT2D eigenvalue weighted by Crippen LogP contribution is 2.20. The SMILES string of the molecule is CCCCCCCCCCCCCC(=O)N([C@H](CCC(N)=O)C(=O)O)[C@H](CSC[C@H](N)C(=O)O)C(=O)NCC(=O)O. The van der Waals surface area contributed by atoms with Crippen molar-refractivity contribution in [2.24, 2.45) is 11.5 Å². The summed E-state index contributed by atoms with van der Waals surface area (Å²) in [5.74, 6) is -6.81. The maximum absolute atomic E-state index is 13.4. The van der Waals surface area contributed by atoms with Crippen LogP contribution < -0.4 is 16.8 Å². The van der Waals surface area contributed by atoms with Gasteiger partial charge in [0.15, 0.2) is 0 Å². The van der Waals surface area contributed by atoms with Crippen molar-refractivity contribution in [1.29, 1.82) is 0 Å². The van der Waals surface area contributed by atoms with E-state index in [1.165, 1.54) is 32.1 Å². The molecule has 0 rings (SSSR count). The van der Waals surface area contributed by atoms with Gasteiger partial charge in [-0.05, 0) is 12.8 Å². The molecule has 0 aromatic rings. The highest BCUT2D eigenvalue weighted by molar-refractivity contribution is 7.99. The minimum Gasteiger partial charge on any atom is -0.480 e. The Bertz CT molecular complexity index is 844. The van der Waals surface area contributed by atoms with E-state index in [-0.39, 0.29) is 30.8 Å². The van der Waals surface area contributed by atoms with Crippen molar-refractivity contribution in [2.45, 2.75) is 115 Å². The predicted molar refractivity (Wildman–Crippen MR) is 155 cm³/mol. The number of thioether (sulfide) groups is 1. The number of aliphatic carboxylic acids is 3. The first-order valence-electron chi connectivity index (χ1n) is 14.3. The lowest BCUT2D eigenvalue weighted by Gasteiger charge is -2.35. The molecule has 0 aliphatic carbocycles. The monoisotopic (exact) mass is 604 g/mol. The molecule has 14 heteroatoms. The average molecular weight is 605 g/mol. The molecule has 41 heavy (non-hydrogen) atoms. The Morgan fingerprint density at radius 3 is 1.76 bits per heavy atom. The third-order valence-electron chi connectivity index (χ3n) is 6.51. The topological polar surface area (TPSA) is 230 Å². The van der Waals surface area contributed by atoms with Gasteiger partial charge in [-0.1, -0.05) is 71.1 Å². The molecule has 0 radical (unpaired) electrons. The summed E-state index contributed by atoms with van der Waals surface area (Å²) in [6.07, 6.45) is 10.8. The number of amides is 3. The van der Waals surface area contributed by atoms with Gasteiger partial charge in [-0.15, -0.1) is 0 Å². The summed E-state index contributed by atoms with van der Waals surface area (Å²) in [7, 11) is 0. The van der Waals surface area contributed by atoms with Crippen LogP contribution in [0.1, 0.15) is 96.8 Å². The van der Waals surface area contributed by atoms with E-state index in [1.807, 2.05) is 0 Å². The van der Waals surface area contributed by atoms with Gasteiger partial charge in [0.25, 0.3) is 0 Å². The van der Waals surface area contributed by atoms with Gasteiger partial charge in [-0.3, -0.25) is 24.0 Å². The van der Waals surface area contributed by atoms with Gasteiger partial charge in [0.1, 0.15) is 24.7 Å². The Balaban J connectivity index is 5.51. The minimum atomic E-state index is -1.59. The van der Waals surface area contributed by atoms with Crippen LogP contribution in [0.3, 0.4) is 0 Å². The molecule has 0 saturated heterocycles. The number of rotatable bonds is 26. The van der Waals surface area contributed by atoms with Gasteiger partial charge >= 0.3 is 17.9 Å². The second kappa shape index (κ2) is 22.8. The van der Waals surface area contributed by atoms with E-state index in [1.54, 1.807) is 0 Å². The number of primary amides is 1. The standard InChI is InChI=1S/C27H48N4O9S/c1-2-3-4-5-6-7-8-9-10-11-12-13-23(33)31(20(27(39)40)14-15-22(29)32)21(25(36)30-16-24(34)35)18-41-17-19(28)26(37)38/h19-21H,2-18,28H2,1H3,(H2,29,32)(H,30,36)(H,34,35)(H,37,38)(H,39,40)/t19-,20+,21+/m0/s1. The third kappa shape index (κ3) is 18.2. The second-order valence-electron chi connectivity index (χ2n) is 10.1. The van der Waals surface area contributed by atoms with Crippen LogP contribution in [-0.4, -0.2) is 92.0 Å². The van der Waals surface area contributed by atoms with E-state index in [4.69, 9.17) is 21.7 Å². The quantitative estimate of drug-likeness (QED) is 0.0781. The summed E-state index contributed by atoms with van der Waals surface area (Å²) in [5.41, 5.74) is 10.7. The van der Waals surface area contributed by atoms with Crippen molar-refractivity contribution in [3.63, 3.8) is 0 Å². The van der Waals surface area contributed by atoms with Crippen LogP contribution in [0.4, 0.5) is 0 Å². The number of unbranched alkanes of at least 4 members (excludes halogenated alkanes) is 10. The van der Waals surface area contributed by atoms with Gasteiger partial charge < -0.3 is 37.0 Å². The molecule has 0 unspecified atom stereocenters. The summed E-state index contributed by atoms with van der Waals surface area (Å²) in [4.78, 5) is 73.0. The van der Waals surface area contributed by atoms with Gasteiger partial charge in [0.05, 0.1) is 0 Å². The van der Waals surface area contributed by atoms with Crippen molar-refractivity contribution >= 4 is 47.4 Å². The first-order valence-corrected chi connectivity index (χ1v) is 15.5. The maximum Gasteiger partial charge on any atom is 0.326 e. The van der Waals surface area contributed by atoms with Crippen LogP contribution in [-0.2, 0) is 28.8 Å². The molecule has 8 N–H and O–H groups in total. The summed E-state index contributed by atoms with van der Waals surface area (Å²) in [6.45, 7) is 1.41. The van der Waals surface area contributed by atoms with Crippen LogP contribution in [0.15, 0.2) is 0 Å². The largest absolute Gasteiger partial charge is 0.480 e. The molecule has 0 heterocycles. The molecule has 0 aromatic carbocycles. The first kappa shape index (κ1) is 38.1. The maximum atomic E-state index is 13.4. The van der Waals surface area contributed by atoms with Crippen molar-refractivity contribution in [3.8, 4) is 0 Å². The number of carbonyl (C=O) groups excluding carboxylic acids is 3. The lowest BCUT2D eigenvalue weighted by atomic mass is 10.0. The molecule has 3 atom stereocenters. The number of hydrogen-bond acceptors (Lipinski definition) is 8. The highest BCUT2D eigenvalue weighted by atomic mass is 32.2. The molecule has 0 bridgehead atoms. The number of nitrogens with one attached hydrogen (secondary N) is 1. The van der Waals surface area contributed by atoms with E-state index < -0.39 is 60.3 Å². The van der Waals surface area contributed by atoms with E-state index in [0.29, 0.717) is 6.42 Å². The Labute approximate surface area is 246 Å². The van der Waals surface area contributed by atoms with Crippen LogP contribution in [0.25, 0.3) is 0 Å². The molecule has 0 saturated carbocycles. The zero-order chi connectivity index (χ0) is 31.2. The predicted octanol–water partition coefficient (Wildman–Crippen LogP) is 1.95. The fourth-order valence-electron chi connectivity index (χ4n) is 4.24. The zero-order valence-corrected chi connectivity index (χ0v) is 24.9. The Kier molecular flexibility index (Phi) is 21.2. The van der Waals surface area contributed by atoms with Gasteiger partial charge in [0.2, 0.25) is 17.7 Å². The molecular weight excluding hydrogens is 556 g/mol. The first-order chi connectivity index (χ1) is 19.4. The molecule has 0 aliphatic rings. The normalized spacial score (nSPS) is 13.1. The molecule has 0 fully saturated rings. The second-order valence-corrected chi connectivity index (χ2v) is 11.1. The summed E-state index contributed by atoms with van der Waals surface area (Å²) in [5, 5.41) is 30.1. The lowest BCUT2D eigenvalue weighted by Crippen LogP contribution is -2.58. The van der Waals surface area contributed by atoms with Crippen molar-refractivity contribution in [2.75, 3.05) is 18.1 Å². The lowest BCUT2D eigenvalue weighted by molar-refractivity contribution is -0.155. The summed E-state index contributed by atoms with van der Waals surface area (Å²) < 4.78 is 0. The van der Waals surface area contributed by atoms with Gasteiger partial charge in [-0.25, -0.2) is 4.79 Å². The van der Waals surface area contributed by atoms with Crippen LogP contribution in [0, 0.1) is 0 Å². The molecule has 13 nitrogen and oxygen atoms in total.